The van der Waals surface area contributed by atoms with Gasteiger partial charge >= 0.3 is 0 Å². The van der Waals surface area contributed by atoms with E-state index in [0.717, 1.165) is 30.7 Å². The molecule has 1 aliphatic carbocycles. The average Bonchev–Trinajstić information content (AvgIpc) is 2.82. The molecular formula is C13H21N3O2. The standard InChI is InChI=1S/C13H21N3O2/c1-8-9(2)18-11(16-8)7-15-12(17)13(3)6-4-5-10(13)14/h10H,4-7,14H2,1-3H3,(H,15,17). The van der Waals surface area contributed by atoms with Gasteiger partial charge in [-0.05, 0) is 33.6 Å². The predicted molar refractivity (Wildman–Crippen MR) is 67.8 cm³/mol. The Kier molecular flexibility index (Phi) is 3.43. The molecule has 0 aliphatic heterocycles. The minimum atomic E-state index is -0.448. The van der Waals surface area contributed by atoms with Crippen molar-refractivity contribution in [1.29, 1.82) is 0 Å². The van der Waals surface area contributed by atoms with E-state index in [1.807, 2.05) is 20.8 Å². The maximum atomic E-state index is 12.2. The topological polar surface area (TPSA) is 81.2 Å². The fourth-order valence-corrected chi connectivity index (χ4v) is 2.45. The Morgan fingerprint density at radius 1 is 1.61 bits per heavy atom. The highest BCUT2D eigenvalue weighted by Gasteiger charge is 2.42. The third-order valence-corrected chi connectivity index (χ3v) is 4.02. The molecule has 0 aromatic carbocycles. The van der Waals surface area contributed by atoms with E-state index in [2.05, 4.69) is 10.3 Å². The van der Waals surface area contributed by atoms with Crippen molar-refractivity contribution in [2.24, 2.45) is 11.1 Å². The molecule has 0 saturated heterocycles. The van der Waals surface area contributed by atoms with Crippen molar-refractivity contribution in [3.63, 3.8) is 0 Å². The maximum Gasteiger partial charge on any atom is 0.227 e. The van der Waals surface area contributed by atoms with Gasteiger partial charge in [0.2, 0.25) is 11.8 Å². The number of rotatable bonds is 3. The van der Waals surface area contributed by atoms with Gasteiger partial charge < -0.3 is 15.5 Å². The number of carbonyl (C=O) groups excluding carboxylic acids is 1. The number of hydrogen-bond acceptors (Lipinski definition) is 4. The number of amides is 1. The van der Waals surface area contributed by atoms with Gasteiger partial charge in [0.1, 0.15) is 5.76 Å². The Morgan fingerprint density at radius 3 is 2.83 bits per heavy atom. The van der Waals surface area contributed by atoms with Crippen LogP contribution in [0.2, 0.25) is 0 Å². The quantitative estimate of drug-likeness (QED) is 0.851. The molecule has 0 bridgehead atoms. The summed E-state index contributed by atoms with van der Waals surface area (Å²) in [5.74, 6) is 1.34. The zero-order valence-electron chi connectivity index (χ0n) is 11.2. The number of nitrogens with one attached hydrogen (secondary N) is 1. The highest BCUT2D eigenvalue weighted by Crippen LogP contribution is 2.36. The Labute approximate surface area is 107 Å². The van der Waals surface area contributed by atoms with Gasteiger partial charge in [-0.15, -0.1) is 0 Å². The van der Waals surface area contributed by atoms with Crippen LogP contribution in [0, 0.1) is 19.3 Å². The summed E-state index contributed by atoms with van der Waals surface area (Å²) in [6.07, 6.45) is 2.78. The number of hydrogen-bond donors (Lipinski definition) is 2. The summed E-state index contributed by atoms with van der Waals surface area (Å²) >= 11 is 0. The largest absolute Gasteiger partial charge is 0.444 e. The van der Waals surface area contributed by atoms with Gasteiger partial charge in [0.15, 0.2) is 0 Å². The van der Waals surface area contributed by atoms with Crippen LogP contribution in [-0.2, 0) is 11.3 Å². The number of oxazole rings is 1. The lowest BCUT2D eigenvalue weighted by Gasteiger charge is -2.27. The first kappa shape index (κ1) is 13.1. The van der Waals surface area contributed by atoms with Gasteiger partial charge in [0, 0.05) is 6.04 Å². The highest BCUT2D eigenvalue weighted by molar-refractivity contribution is 5.83. The molecule has 1 aromatic rings. The fourth-order valence-electron chi connectivity index (χ4n) is 2.45. The molecule has 1 amide bonds. The van der Waals surface area contributed by atoms with E-state index in [0.29, 0.717) is 12.4 Å². The van der Waals surface area contributed by atoms with Crippen molar-refractivity contribution in [1.82, 2.24) is 10.3 Å². The molecule has 1 aliphatic rings. The van der Waals surface area contributed by atoms with Crippen LogP contribution in [0.4, 0.5) is 0 Å². The first-order chi connectivity index (χ1) is 8.43. The molecule has 2 atom stereocenters. The number of aromatic nitrogens is 1. The SMILES string of the molecule is Cc1nc(CNC(=O)C2(C)CCCC2N)oc1C. The molecular weight excluding hydrogens is 230 g/mol. The molecule has 1 aromatic heterocycles. The first-order valence-electron chi connectivity index (χ1n) is 6.40. The Hall–Kier alpha value is -1.36. The lowest BCUT2D eigenvalue weighted by atomic mass is 9.84. The van der Waals surface area contributed by atoms with Crippen molar-refractivity contribution in [2.45, 2.75) is 52.6 Å². The average molecular weight is 251 g/mol. The molecule has 2 rings (SSSR count). The van der Waals surface area contributed by atoms with E-state index in [4.69, 9.17) is 10.2 Å². The van der Waals surface area contributed by atoms with Crippen molar-refractivity contribution < 1.29 is 9.21 Å². The highest BCUT2D eigenvalue weighted by atomic mass is 16.4. The van der Waals surface area contributed by atoms with E-state index in [1.165, 1.54) is 0 Å². The molecule has 1 heterocycles. The van der Waals surface area contributed by atoms with E-state index in [9.17, 15) is 4.79 Å². The van der Waals surface area contributed by atoms with Crippen molar-refractivity contribution in [2.75, 3.05) is 0 Å². The molecule has 1 fully saturated rings. The molecule has 100 valence electrons. The third-order valence-electron chi connectivity index (χ3n) is 4.02. The van der Waals surface area contributed by atoms with Crippen molar-refractivity contribution in [3.8, 4) is 0 Å². The van der Waals surface area contributed by atoms with Gasteiger partial charge in [0.25, 0.3) is 0 Å². The van der Waals surface area contributed by atoms with Crippen LogP contribution in [-0.4, -0.2) is 16.9 Å². The summed E-state index contributed by atoms with van der Waals surface area (Å²) in [6.45, 7) is 6.02. The Morgan fingerprint density at radius 2 is 2.33 bits per heavy atom. The zero-order valence-corrected chi connectivity index (χ0v) is 11.2. The van der Waals surface area contributed by atoms with Gasteiger partial charge in [-0.3, -0.25) is 4.79 Å². The number of nitrogens with zero attached hydrogens (tertiary/aromatic N) is 1. The molecule has 0 radical (unpaired) electrons. The first-order valence-corrected chi connectivity index (χ1v) is 6.40. The van der Waals surface area contributed by atoms with Gasteiger partial charge in [-0.2, -0.15) is 0 Å². The minimum absolute atomic E-state index is 0.000932. The molecule has 18 heavy (non-hydrogen) atoms. The van der Waals surface area contributed by atoms with Crippen LogP contribution in [0.15, 0.2) is 4.42 Å². The van der Waals surface area contributed by atoms with E-state index < -0.39 is 5.41 Å². The normalized spacial score (nSPS) is 27.4. The number of nitrogens with two attached hydrogens (primary N) is 1. The smallest absolute Gasteiger partial charge is 0.227 e. The van der Waals surface area contributed by atoms with Crippen LogP contribution < -0.4 is 11.1 Å². The second-order valence-corrected chi connectivity index (χ2v) is 5.35. The van der Waals surface area contributed by atoms with Gasteiger partial charge in [0.05, 0.1) is 17.7 Å². The van der Waals surface area contributed by atoms with Crippen molar-refractivity contribution in [3.05, 3.63) is 17.3 Å². The third kappa shape index (κ3) is 2.27. The Bertz CT molecular complexity index is 436. The lowest BCUT2D eigenvalue weighted by molar-refractivity contribution is -0.130. The van der Waals surface area contributed by atoms with Crippen LogP contribution in [0.1, 0.15) is 43.5 Å². The van der Waals surface area contributed by atoms with E-state index in [1.54, 1.807) is 0 Å². The summed E-state index contributed by atoms with van der Waals surface area (Å²) in [4.78, 5) is 16.4. The van der Waals surface area contributed by atoms with E-state index >= 15 is 0 Å². The molecule has 5 heteroatoms. The summed E-state index contributed by atoms with van der Waals surface area (Å²) < 4.78 is 5.43. The number of aryl methyl sites for hydroxylation is 2. The second kappa shape index (κ2) is 4.72. The van der Waals surface area contributed by atoms with Crippen LogP contribution in [0.25, 0.3) is 0 Å². The van der Waals surface area contributed by atoms with Crippen molar-refractivity contribution >= 4 is 5.91 Å². The second-order valence-electron chi connectivity index (χ2n) is 5.35. The van der Waals surface area contributed by atoms with Gasteiger partial charge in [-0.25, -0.2) is 4.98 Å². The molecule has 0 spiro atoms. The minimum Gasteiger partial charge on any atom is -0.444 e. The molecule has 5 nitrogen and oxygen atoms in total. The summed E-state index contributed by atoms with van der Waals surface area (Å²) in [5, 5.41) is 2.88. The summed E-state index contributed by atoms with van der Waals surface area (Å²) in [7, 11) is 0. The monoisotopic (exact) mass is 251 g/mol. The molecule has 2 unspecified atom stereocenters. The summed E-state index contributed by atoms with van der Waals surface area (Å²) in [5.41, 5.74) is 6.43. The van der Waals surface area contributed by atoms with Crippen LogP contribution in [0.5, 0.6) is 0 Å². The van der Waals surface area contributed by atoms with Gasteiger partial charge in [-0.1, -0.05) is 6.42 Å². The maximum absolute atomic E-state index is 12.2. The molecule has 1 saturated carbocycles. The number of carbonyl (C=O) groups is 1. The predicted octanol–water partition coefficient (Wildman–Crippen LogP) is 1.43. The zero-order chi connectivity index (χ0) is 13.3. The lowest BCUT2D eigenvalue weighted by Crippen LogP contribution is -2.47. The van der Waals surface area contributed by atoms with Crippen LogP contribution in [0.3, 0.4) is 0 Å². The Balaban J connectivity index is 1.96. The molecule has 3 N–H and O–H groups in total. The fraction of sp³-hybridized carbons (Fsp3) is 0.692. The van der Waals surface area contributed by atoms with Crippen LogP contribution >= 0.6 is 0 Å². The summed E-state index contributed by atoms with van der Waals surface area (Å²) in [6, 6.07) is -0.0504. The van der Waals surface area contributed by atoms with E-state index in [-0.39, 0.29) is 11.9 Å².